The minimum Gasteiger partial charge on any atom is -0.494 e. The van der Waals surface area contributed by atoms with Gasteiger partial charge in [0, 0.05) is 19.7 Å². The van der Waals surface area contributed by atoms with Gasteiger partial charge in [-0.2, -0.15) is 0 Å². The third-order valence-corrected chi connectivity index (χ3v) is 3.45. The van der Waals surface area contributed by atoms with Crippen LogP contribution in [0.3, 0.4) is 0 Å². The number of hydrogen-bond donors (Lipinski definition) is 1. The average Bonchev–Trinajstić information content (AvgIpc) is 2.61. The Morgan fingerprint density at radius 3 is 2.48 bits per heavy atom. The summed E-state index contributed by atoms with van der Waals surface area (Å²) in [6.45, 7) is 0.282. The number of ether oxygens (including phenoxy) is 1. The van der Waals surface area contributed by atoms with Gasteiger partial charge in [-0.3, -0.25) is 19.7 Å². The van der Waals surface area contributed by atoms with E-state index >= 15 is 0 Å². The molecule has 0 aromatic heterocycles. The zero-order chi connectivity index (χ0) is 18.4. The molecular formula is C17H17N3O5. The molecule has 1 N–H and O–H groups in total. The van der Waals surface area contributed by atoms with Crippen LogP contribution in [0.2, 0.25) is 0 Å². The van der Waals surface area contributed by atoms with Crippen molar-refractivity contribution in [3.63, 3.8) is 0 Å². The van der Waals surface area contributed by atoms with Gasteiger partial charge in [-0.05, 0) is 11.6 Å². The van der Waals surface area contributed by atoms with E-state index in [4.69, 9.17) is 4.74 Å². The zero-order valence-electron chi connectivity index (χ0n) is 13.8. The molecule has 2 aromatic rings. The number of methoxy groups -OCH3 is 1. The number of rotatable bonds is 5. The molecule has 0 heterocycles. The molecular weight excluding hydrogens is 326 g/mol. The van der Waals surface area contributed by atoms with Crippen LogP contribution in [0.5, 0.6) is 5.75 Å². The summed E-state index contributed by atoms with van der Waals surface area (Å²) in [7, 11) is 2.83. The minimum absolute atomic E-state index is 0.0982. The molecule has 0 saturated carbocycles. The van der Waals surface area contributed by atoms with Crippen LogP contribution in [-0.2, 0) is 16.1 Å². The summed E-state index contributed by atoms with van der Waals surface area (Å²) < 4.78 is 5.03. The normalized spacial score (nSPS) is 10.0. The molecule has 8 heteroatoms. The van der Waals surface area contributed by atoms with Gasteiger partial charge in [-0.1, -0.05) is 30.3 Å². The fourth-order valence-electron chi connectivity index (χ4n) is 2.17. The standard InChI is InChI=1S/C17H17N3O5/c1-19(11-12-6-4-3-5-7-12)17(22)16(21)18-14-9-8-13(20(23)24)10-15(14)25-2/h3-10H,11H2,1-2H3,(H,18,21). The molecule has 0 aliphatic rings. The van der Waals surface area contributed by atoms with Crippen molar-refractivity contribution in [2.75, 3.05) is 19.5 Å². The number of anilines is 1. The highest BCUT2D eigenvalue weighted by atomic mass is 16.6. The number of nitro groups is 1. The summed E-state index contributed by atoms with van der Waals surface area (Å²) in [5, 5.41) is 13.2. The summed E-state index contributed by atoms with van der Waals surface area (Å²) >= 11 is 0. The van der Waals surface area contributed by atoms with Crippen molar-refractivity contribution < 1.29 is 19.2 Å². The first-order valence-corrected chi connectivity index (χ1v) is 7.35. The van der Waals surface area contributed by atoms with Crippen LogP contribution >= 0.6 is 0 Å². The van der Waals surface area contributed by atoms with Crippen molar-refractivity contribution in [1.29, 1.82) is 0 Å². The predicted molar refractivity (Wildman–Crippen MR) is 91.2 cm³/mol. The SMILES string of the molecule is COc1cc([N+](=O)[O-])ccc1NC(=O)C(=O)N(C)Cc1ccccc1. The maximum Gasteiger partial charge on any atom is 0.314 e. The van der Waals surface area contributed by atoms with Crippen LogP contribution in [0, 0.1) is 10.1 Å². The highest BCUT2D eigenvalue weighted by Crippen LogP contribution is 2.28. The summed E-state index contributed by atoms with van der Waals surface area (Å²) in [5.74, 6) is -1.49. The number of benzene rings is 2. The quantitative estimate of drug-likeness (QED) is 0.509. The van der Waals surface area contributed by atoms with Crippen molar-refractivity contribution in [3.05, 3.63) is 64.2 Å². The maximum atomic E-state index is 12.2. The van der Waals surface area contributed by atoms with Crippen LogP contribution in [-0.4, -0.2) is 35.8 Å². The highest BCUT2D eigenvalue weighted by Gasteiger charge is 2.21. The van der Waals surface area contributed by atoms with Gasteiger partial charge in [0.05, 0.1) is 23.8 Å². The Bertz CT molecular complexity index is 792. The molecule has 0 atom stereocenters. The minimum atomic E-state index is -0.856. The second-order valence-electron chi connectivity index (χ2n) is 5.24. The lowest BCUT2D eigenvalue weighted by Crippen LogP contribution is -2.36. The van der Waals surface area contributed by atoms with Crippen LogP contribution < -0.4 is 10.1 Å². The van der Waals surface area contributed by atoms with Gasteiger partial charge in [0.25, 0.3) is 5.69 Å². The number of nitrogens with one attached hydrogen (secondary N) is 1. The second kappa shape index (κ2) is 7.91. The van der Waals surface area contributed by atoms with E-state index in [9.17, 15) is 19.7 Å². The third-order valence-electron chi connectivity index (χ3n) is 3.45. The Hall–Kier alpha value is -3.42. The fraction of sp³-hybridized carbons (Fsp3) is 0.176. The first-order valence-electron chi connectivity index (χ1n) is 7.35. The number of nitro benzene ring substituents is 1. The van der Waals surface area contributed by atoms with Gasteiger partial charge >= 0.3 is 11.8 Å². The van der Waals surface area contributed by atoms with E-state index in [1.807, 2.05) is 30.3 Å². The summed E-state index contributed by atoms with van der Waals surface area (Å²) in [4.78, 5) is 35.8. The number of likely N-dealkylation sites (N-methyl/N-ethyl adjacent to an activating group) is 1. The number of carbonyl (C=O) groups excluding carboxylic acids is 2. The lowest BCUT2D eigenvalue weighted by atomic mass is 10.2. The molecule has 0 aliphatic carbocycles. The molecule has 2 aromatic carbocycles. The van der Waals surface area contributed by atoms with Crippen molar-refractivity contribution >= 4 is 23.2 Å². The third kappa shape index (κ3) is 4.54. The Labute approximate surface area is 144 Å². The first-order chi connectivity index (χ1) is 11.9. The van der Waals surface area contributed by atoms with E-state index in [1.165, 1.54) is 37.3 Å². The van der Waals surface area contributed by atoms with Gasteiger partial charge in [-0.25, -0.2) is 0 Å². The largest absolute Gasteiger partial charge is 0.494 e. The number of carbonyl (C=O) groups is 2. The Morgan fingerprint density at radius 2 is 1.88 bits per heavy atom. The molecule has 0 radical (unpaired) electrons. The second-order valence-corrected chi connectivity index (χ2v) is 5.24. The summed E-state index contributed by atoms with van der Waals surface area (Å²) in [6, 6.07) is 13.0. The van der Waals surface area contributed by atoms with E-state index in [-0.39, 0.29) is 23.7 Å². The van der Waals surface area contributed by atoms with E-state index < -0.39 is 16.7 Å². The van der Waals surface area contributed by atoms with Crippen LogP contribution in [0.1, 0.15) is 5.56 Å². The monoisotopic (exact) mass is 343 g/mol. The Morgan fingerprint density at radius 1 is 1.20 bits per heavy atom. The van der Waals surface area contributed by atoms with Gasteiger partial charge in [0.15, 0.2) is 0 Å². The van der Waals surface area contributed by atoms with Crippen molar-refractivity contribution in [2.24, 2.45) is 0 Å². The first kappa shape index (κ1) is 17.9. The number of non-ortho nitro benzene ring substituents is 1. The number of nitrogens with zero attached hydrogens (tertiary/aromatic N) is 2. The molecule has 2 rings (SSSR count). The molecule has 0 spiro atoms. The topological polar surface area (TPSA) is 102 Å². The molecule has 0 fully saturated rings. The van der Waals surface area contributed by atoms with Crippen molar-refractivity contribution in [2.45, 2.75) is 6.54 Å². The smallest absolute Gasteiger partial charge is 0.314 e. The van der Waals surface area contributed by atoms with Crippen molar-refractivity contribution in [3.8, 4) is 5.75 Å². The molecule has 0 aliphatic heterocycles. The van der Waals surface area contributed by atoms with Gasteiger partial charge in [-0.15, -0.1) is 0 Å². The molecule has 0 bridgehead atoms. The zero-order valence-corrected chi connectivity index (χ0v) is 13.8. The number of amides is 2. The lowest BCUT2D eigenvalue weighted by Gasteiger charge is -2.17. The molecule has 8 nitrogen and oxygen atoms in total. The van der Waals surface area contributed by atoms with E-state index in [0.29, 0.717) is 0 Å². The summed E-state index contributed by atoms with van der Waals surface area (Å²) in [5.41, 5.74) is 0.890. The van der Waals surface area contributed by atoms with E-state index in [1.54, 1.807) is 0 Å². The van der Waals surface area contributed by atoms with Crippen LogP contribution in [0.4, 0.5) is 11.4 Å². The van der Waals surface area contributed by atoms with Gasteiger partial charge in [0.2, 0.25) is 0 Å². The molecule has 25 heavy (non-hydrogen) atoms. The maximum absolute atomic E-state index is 12.2. The Kier molecular flexibility index (Phi) is 5.67. The summed E-state index contributed by atoms with van der Waals surface area (Å²) in [6.07, 6.45) is 0. The van der Waals surface area contributed by atoms with Crippen LogP contribution in [0.15, 0.2) is 48.5 Å². The van der Waals surface area contributed by atoms with E-state index in [0.717, 1.165) is 5.56 Å². The Balaban J connectivity index is 2.08. The molecule has 0 unspecified atom stereocenters. The van der Waals surface area contributed by atoms with E-state index in [2.05, 4.69) is 5.32 Å². The van der Waals surface area contributed by atoms with Crippen molar-refractivity contribution in [1.82, 2.24) is 4.90 Å². The van der Waals surface area contributed by atoms with Gasteiger partial charge < -0.3 is 15.0 Å². The highest BCUT2D eigenvalue weighted by molar-refractivity contribution is 6.39. The molecule has 2 amide bonds. The predicted octanol–water partition coefficient (Wildman–Crippen LogP) is 2.20. The fourth-order valence-corrected chi connectivity index (χ4v) is 2.17. The molecule has 0 saturated heterocycles. The van der Waals surface area contributed by atoms with Gasteiger partial charge in [0.1, 0.15) is 5.75 Å². The number of hydrogen-bond acceptors (Lipinski definition) is 5. The molecule has 130 valence electrons. The average molecular weight is 343 g/mol. The lowest BCUT2D eigenvalue weighted by molar-refractivity contribution is -0.384. The van der Waals surface area contributed by atoms with Crippen LogP contribution in [0.25, 0.3) is 0 Å².